The van der Waals surface area contributed by atoms with Crippen molar-refractivity contribution < 1.29 is 13.2 Å². The quantitative estimate of drug-likeness (QED) is 0.835. The van der Waals surface area contributed by atoms with Crippen LogP contribution in [0.5, 0.6) is 0 Å². The average molecular weight is 299 g/mol. The van der Waals surface area contributed by atoms with E-state index in [0.717, 1.165) is 25.7 Å². The van der Waals surface area contributed by atoms with Gasteiger partial charge in [0.15, 0.2) is 5.03 Å². The van der Waals surface area contributed by atoms with Gasteiger partial charge in [-0.1, -0.05) is 0 Å². The first-order valence-electron chi connectivity index (χ1n) is 6.96. The van der Waals surface area contributed by atoms with Crippen LogP contribution >= 0.6 is 0 Å². The molecular weight excluding hydrogens is 278 g/mol. The van der Waals surface area contributed by atoms with E-state index in [1.54, 1.807) is 29.2 Å². The van der Waals surface area contributed by atoms with Gasteiger partial charge in [0.2, 0.25) is 0 Å². The zero-order chi connectivity index (χ0) is 14.4. The SMILES string of the molecule is COC1CC2(CCN(S(=O)(=O)c3cn(C)cn3)CC2)C1. The van der Waals surface area contributed by atoms with Gasteiger partial charge in [-0.3, -0.25) is 0 Å². The summed E-state index contributed by atoms with van der Waals surface area (Å²) in [5, 5.41) is 0.152. The number of nitrogens with zero attached hydrogens (tertiary/aromatic N) is 3. The van der Waals surface area contributed by atoms with Gasteiger partial charge in [-0.15, -0.1) is 0 Å². The van der Waals surface area contributed by atoms with Crippen LogP contribution in [0, 0.1) is 5.41 Å². The molecule has 1 saturated carbocycles. The van der Waals surface area contributed by atoms with Crippen LogP contribution in [0.1, 0.15) is 25.7 Å². The highest BCUT2D eigenvalue weighted by Crippen LogP contribution is 2.50. The molecule has 1 saturated heterocycles. The maximum absolute atomic E-state index is 12.5. The topological polar surface area (TPSA) is 64.4 Å². The minimum atomic E-state index is -3.42. The van der Waals surface area contributed by atoms with Crippen LogP contribution in [-0.2, 0) is 21.8 Å². The van der Waals surface area contributed by atoms with Crippen LogP contribution in [0.15, 0.2) is 17.6 Å². The van der Waals surface area contributed by atoms with Gasteiger partial charge in [-0.05, 0) is 31.1 Å². The zero-order valence-electron chi connectivity index (χ0n) is 11.9. The van der Waals surface area contributed by atoms with E-state index in [0.29, 0.717) is 24.6 Å². The lowest BCUT2D eigenvalue weighted by atomic mass is 9.62. The van der Waals surface area contributed by atoms with Gasteiger partial charge >= 0.3 is 0 Å². The van der Waals surface area contributed by atoms with Crippen molar-refractivity contribution in [3.63, 3.8) is 0 Å². The fraction of sp³-hybridized carbons (Fsp3) is 0.769. The lowest BCUT2D eigenvalue weighted by molar-refractivity contribution is -0.0805. The fourth-order valence-corrected chi connectivity index (χ4v) is 4.74. The zero-order valence-corrected chi connectivity index (χ0v) is 12.8. The molecule has 1 aliphatic heterocycles. The molecule has 0 amide bonds. The number of methoxy groups -OCH3 is 1. The summed E-state index contributed by atoms with van der Waals surface area (Å²) in [5.41, 5.74) is 0.316. The lowest BCUT2D eigenvalue weighted by Gasteiger charge is -2.51. The lowest BCUT2D eigenvalue weighted by Crippen LogP contribution is -2.50. The number of piperidine rings is 1. The molecule has 112 valence electrons. The summed E-state index contributed by atoms with van der Waals surface area (Å²) in [5.74, 6) is 0. The van der Waals surface area contributed by atoms with Crippen molar-refractivity contribution in [2.75, 3.05) is 20.2 Å². The van der Waals surface area contributed by atoms with Crippen LogP contribution in [0.2, 0.25) is 0 Å². The number of aromatic nitrogens is 2. The maximum Gasteiger partial charge on any atom is 0.262 e. The molecule has 3 rings (SSSR count). The molecule has 0 aromatic carbocycles. The van der Waals surface area contributed by atoms with Gasteiger partial charge < -0.3 is 9.30 Å². The molecule has 0 unspecified atom stereocenters. The van der Waals surface area contributed by atoms with Crippen molar-refractivity contribution in [1.29, 1.82) is 0 Å². The predicted molar refractivity (Wildman–Crippen MR) is 73.7 cm³/mol. The van der Waals surface area contributed by atoms with Crippen LogP contribution in [0.4, 0.5) is 0 Å². The van der Waals surface area contributed by atoms with Crippen molar-refractivity contribution in [1.82, 2.24) is 13.9 Å². The molecule has 7 heteroatoms. The highest BCUT2D eigenvalue weighted by molar-refractivity contribution is 7.89. The highest BCUT2D eigenvalue weighted by Gasteiger charge is 2.47. The van der Waals surface area contributed by atoms with E-state index in [1.165, 1.54) is 6.33 Å². The number of hydrogen-bond donors (Lipinski definition) is 0. The van der Waals surface area contributed by atoms with Gasteiger partial charge in [0.05, 0.1) is 12.4 Å². The Hall–Kier alpha value is -0.920. The van der Waals surface area contributed by atoms with Crippen molar-refractivity contribution in [3.8, 4) is 0 Å². The summed E-state index contributed by atoms with van der Waals surface area (Å²) in [6, 6.07) is 0. The monoisotopic (exact) mass is 299 g/mol. The third-order valence-electron chi connectivity index (χ3n) is 4.72. The first-order chi connectivity index (χ1) is 9.45. The summed E-state index contributed by atoms with van der Waals surface area (Å²) >= 11 is 0. The van der Waals surface area contributed by atoms with Gasteiger partial charge in [0.25, 0.3) is 10.0 Å². The Bertz CT molecular complexity index is 580. The number of imidazole rings is 1. The molecule has 0 atom stereocenters. The second kappa shape index (κ2) is 4.82. The van der Waals surface area contributed by atoms with E-state index in [-0.39, 0.29) is 5.03 Å². The molecule has 2 heterocycles. The molecule has 0 radical (unpaired) electrons. The Morgan fingerprint density at radius 2 is 2.00 bits per heavy atom. The molecule has 1 aliphatic carbocycles. The molecule has 20 heavy (non-hydrogen) atoms. The summed E-state index contributed by atoms with van der Waals surface area (Å²) in [6.45, 7) is 1.19. The minimum Gasteiger partial charge on any atom is -0.381 e. The molecule has 2 aliphatic rings. The average Bonchev–Trinajstić information content (AvgIpc) is 2.83. The second-order valence-corrected chi connectivity index (χ2v) is 7.93. The largest absolute Gasteiger partial charge is 0.381 e. The highest BCUT2D eigenvalue weighted by atomic mass is 32.2. The third kappa shape index (κ3) is 2.27. The van der Waals surface area contributed by atoms with Crippen LogP contribution in [0.25, 0.3) is 0 Å². The number of aryl methyl sites for hydroxylation is 1. The number of ether oxygens (including phenoxy) is 1. The summed E-state index contributed by atoms with van der Waals surface area (Å²) in [6.07, 6.45) is 7.45. The molecule has 1 aromatic rings. The minimum absolute atomic E-state index is 0.152. The first kappa shape index (κ1) is 14.0. The van der Waals surface area contributed by atoms with E-state index in [2.05, 4.69) is 4.98 Å². The van der Waals surface area contributed by atoms with E-state index in [1.807, 2.05) is 0 Å². The smallest absolute Gasteiger partial charge is 0.262 e. The van der Waals surface area contributed by atoms with Gasteiger partial charge in [-0.2, -0.15) is 4.31 Å². The summed E-state index contributed by atoms with van der Waals surface area (Å²) in [4.78, 5) is 3.97. The Balaban J connectivity index is 1.66. The summed E-state index contributed by atoms with van der Waals surface area (Å²) in [7, 11) is 0.0980. The molecular formula is C13H21N3O3S. The molecule has 0 N–H and O–H groups in total. The van der Waals surface area contributed by atoms with E-state index in [4.69, 9.17) is 4.74 Å². The second-order valence-electron chi connectivity index (χ2n) is 6.05. The van der Waals surface area contributed by atoms with Crippen molar-refractivity contribution in [3.05, 3.63) is 12.5 Å². The molecule has 2 fully saturated rings. The van der Waals surface area contributed by atoms with Gasteiger partial charge in [0.1, 0.15) is 0 Å². The predicted octanol–water partition coefficient (Wildman–Crippen LogP) is 1.000. The van der Waals surface area contributed by atoms with Crippen LogP contribution in [-0.4, -0.2) is 48.6 Å². The summed E-state index contributed by atoms with van der Waals surface area (Å²) < 4.78 is 33.5. The number of hydrogen-bond acceptors (Lipinski definition) is 4. The maximum atomic E-state index is 12.5. The van der Waals surface area contributed by atoms with Crippen LogP contribution < -0.4 is 0 Å². The Labute approximate surface area is 119 Å². The Kier molecular flexibility index (Phi) is 3.38. The van der Waals surface area contributed by atoms with Gasteiger partial charge in [0, 0.05) is 33.4 Å². The van der Waals surface area contributed by atoms with E-state index >= 15 is 0 Å². The van der Waals surface area contributed by atoms with Gasteiger partial charge in [-0.25, -0.2) is 13.4 Å². The molecule has 1 aromatic heterocycles. The third-order valence-corrected chi connectivity index (χ3v) is 6.51. The number of rotatable bonds is 3. The molecule has 1 spiro atoms. The molecule has 0 bridgehead atoms. The Morgan fingerprint density at radius 1 is 1.35 bits per heavy atom. The normalized spacial score (nSPS) is 23.9. The molecule has 6 nitrogen and oxygen atoms in total. The van der Waals surface area contributed by atoms with Crippen molar-refractivity contribution in [2.24, 2.45) is 12.5 Å². The first-order valence-corrected chi connectivity index (χ1v) is 8.40. The van der Waals surface area contributed by atoms with Crippen molar-refractivity contribution in [2.45, 2.75) is 36.8 Å². The van der Waals surface area contributed by atoms with Crippen LogP contribution in [0.3, 0.4) is 0 Å². The van der Waals surface area contributed by atoms with E-state index < -0.39 is 10.0 Å². The fourth-order valence-electron chi connectivity index (χ4n) is 3.34. The van der Waals surface area contributed by atoms with E-state index in [9.17, 15) is 8.42 Å². The standard InChI is InChI=1S/C13H21N3O3S/c1-15-9-12(14-10-15)20(17,18)16-5-3-13(4-6-16)7-11(8-13)19-2/h9-11H,3-8H2,1-2H3. The van der Waals surface area contributed by atoms with Crippen molar-refractivity contribution >= 4 is 10.0 Å². The number of sulfonamides is 1. The Morgan fingerprint density at radius 3 is 2.50 bits per heavy atom.